The highest BCUT2D eigenvalue weighted by Crippen LogP contribution is 2.40. The number of hydrogen-bond donors (Lipinski definition) is 1. The van der Waals surface area contributed by atoms with Crippen molar-refractivity contribution < 1.29 is 4.74 Å². The van der Waals surface area contributed by atoms with Crippen LogP contribution in [0.5, 0.6) is 5.75 Å². The maximum atomic E-state index is 6.16. The lowest BCUT2D eigenvalue weighted by molar-refractivity contribution is 0.152. The van der Waals surface area contributed by atoms with Crippen LogP contribution in [-0.2, 0) is 6.54 Å². The van der Waals surface area contributed by atoms with E-state index in [9.17, 15) is 0 Å². The van der Waals surface area contributed by atoms with Gasteiger partial charge in [-0.15, -0.1) is 0 Å². The van der Waals surface area contributed by atoms with Gasteiger partial charge in [0, 0.05) is 36.3 Å². The quantitative estimate of drug-likeness (QED) is 0.929. The fourth-order valence-corrected chi connectivity index (χ4v) is 2.78. The molecule has 0 radical (unpaired) electrons. The summed E-state index contributed by atoms with van der Waals surface area (Å²) in [5.41, 5.74) is 2.41. The maximum Gasteiger partial charge on any atom is 0.129 e. The zero-order valence-corrected chi connectivity index (χ0v) is 12.0. The number of benzene rings is 1. The van der Waals surface area contributed by atoms with Crippen molar-refractivity contribution in [2.75, 3.05) is 6.54 Å². The molecule has 0 aliphatic carbocycles. The van der Waals surface area contributed by atoms with Crippen LogP contribution < -0.4 is 10.1 Å². The number of para-hydroxylation sites is 1. The number of aromatic nitrogens is 2. The average molecular weight is 271 g/mol. The van der Waals surface area contributed by atoms with Gasteiger partial charge in [-0.3, -0.25) is 4.68 Å². The molecule has 20 heavy (non-hydrogen) atoms. The molecule has 0 bridgehead atoms. The molecule has 2 heterocycles. The number of nitrogens with one attached hydrogen (secondary N) is 1. The molecule has 0 amide bonds. The smallest absolute Gasteiger partial charge is 0.129 e. The Morgan fingerprint density at radius 3 is 2.95 bits per heavy atom. The molecule has 1 aromatic heterocycles. The van der Waals surface area contributed by atoms with Crippen molar-refractivity contribution in [1.82, 2.24) is 15.1 Å². The van der Waals surface area contributed by atoms with Gasteiger partial charge >= 0.3 is 0 Å². The first-order chi connectivity index (χ1) is 9.81. The first-order valence-corrected chi connectivity index (χ1v) is 7.33. The lowest BCUT2D eigenvalue weighted by Crippen LogP contribution is -2.28. The molecule has 1 aliphatic heterocycles. The fourth-order valence-electron chi connectivity index (χ4n) is 2.78. The molecule has 4 nitrogen and oxygen atoms in total. The van der Waals surface area contributed by atoms with E-state index in [4.69, 9.17) is 4.74 Å². The molecule has 0 spiro atoms. The molecule has 4 heteroatoms. The molecule has 2 aromatic rings. The third kappa shape index (κ3) is 2.43. The van der Waals surface area contributed by atoms with Gasteiger partial charge in [-0.05, 0) is 19.5 Å². The Morgan fingerprint density at radius 1 is 1.35 bits per heavy atom. The predicted octanol–water partition coefficient (Wildman–Crippen LogP) is 3.08. The van der Waals surface area contributed by atoms with E-state index < -0.39 is 0 Å². The van der Waals surface area contributed by atoms with Crippen LogP contribution in [0.25, 0.3) is 0 Å². The van der Waals surface area contributed by atoms with Crippen LogP contribution in [0.15, 0.2) is 36.7 Å². The summed E-state index contributed by atoms with van der Waals surface area (Å²) >= 11 is 0. The second-order valence-electron chi connectivity index (χ2n) is 5.12. The Balaban J connectivity index is 1.89. The minimum absolute atomic E-state index is 0.0780. The second kappa shape index (κ2) is 5.67. The summed E-state index contributed by atoms with van der Waals surface area (Å²) in [6.07, 6.45) is 5.03. The molecule has 0 saturated heterocycles. The Kier molecular flexibility index (Phi) is 3.74. The lowest BCUT2D eigenvalue weighted by atomic mass is 9.94. The molecule has 1 N–H and O–H groups in total. The normalized spacial score (nSPS) is 21.3. The molecule has 2 unspecified atom stereocenters. The summed E-state index contributed by atoms with van der Waals surface area (Å²) in [6, 6.07) is 8.64. The SMILES string of the molecule is CCNC1CC(c2cnn(CC)c2)Oc2ccccc21. The van der Waals surface area contributed by atoms with Crippen molar-refractivity contribution >= 4 is 0 Å². The van der Waals surface area contributed by atoms with E-state index >= 15 is 0 Å². The molecule has 1 aromatic carbocycles. The maximum absolute atomic E-state index is 6.16. The van der Waals surface area contributed by atoms with Crippen LogP contribution in [0.2, 0.25) is 0 Å². The van der Waals surface area contributed by atoms with E-state index in [-0.39, 0.29) is 6.10 Å². The van der Waals surface area contributed by atoms with Gasteiger partial charge in [0.1, 0.15) is 11.9 Å². The third-order valence-electron chi connectivity index (χ3n) is 3.81. The number of hydrogen-bond acceptors (Lipinski definition) is 3. The van der Waals surface area contributed by atoms with Gasteiger partial charge < -0.3 is 10.1 Å². The lowest BCUT2D eigenvalue weighted by Gasteiger charge is -2.32. The second-order valence-corrected chi connectivity index (χ2v) is 5.12. The van der Waals surface area contributed by atoms with Crippen LogP contribution in [-0.4, -0.2) is 16.3 Å². The van der Waals surface area contributed by atoms with Crippen molar-refractivity contribution in [3.8, 4) is 5.75 Å². The van der Waals surface area contributed by atoms with Crippen LogP contribution in [0.3, 0.4) is 0 Å². The average Bonchev–Trinajstić information content (AvgIpc) is 2.96. The minimum atomic E-state index is 0.0780. The number of fused-ring (bicyclic) bond motifs is 1. The number of nitrogens with zero attached hydrogens (tertiary/aromatic N) is 2. The van der Waals surface area contributed by atoms with E-state index in [0.717, 1.165) is 30.8 Å². The van der Waals surface area contributed by atoms with E-state index in [1.165, 1.54) is 5.56 Å². The van der Waals surface area contributed by atoms with Crippen molar-refractivity contribution in [2.24, 2.45) is 0 Å². The van der Waals surface area contributed by atoms with Gasteiger partial charge in [-0.1, -0.05) is 25.1 Å². The topological polar surface area (TPSA) is 39.1 Å². The van der Waals surface area contributed by atoms with Gasteiger partial charge in [0.25, 0.3) is 0 Å². The fraction of sp³-hybridized carbons (Fsp3) is 0.438. The highest BCUT2D eigenvalue weighted by Gasteiger charge is 2.29. The largest absolute Gasteiger partial charge is 0.485 e. The number of aryl methyl sites for hydroxylation is 1. The Hall–Kier alpha value is -1.81. The van der Waals surface area contributed by atoms with Crippen molar-refractivity contribution in [1.29, 1.82) is 0 Å². The van der Waals surface area contributed by atoms with E-state index in [1.54, 1.807) is 0 Å². The monoisotopic (exact) mass is 271 g/mol. The molecular formula is C16H21N3O. The molecule has 0 saturated carbocycles. The number of ether oxygens (including phenoxy) is 1. The van der Waals surface area contributed by atoms with E-state index in [0.29, 0.717) is 6.04 Å². The molecule has 106 valence electrons. The molecule has 2 atom stereocenters. The zero-order chi connectivity index (χ0) is 13.9. The van der Waals surface area contributed by atoms with Gasteiger partial charge in [0.05, 0.1) is 6.20 Å². The Bertz CT molecular complexity index is 579. The summed E-state index contributed by atoms with van der Waals surface area (Å²) in [5, 5.41) is 7.91. The van der Waals surface area contributed by atoms with Crippen molar-refractivity contribution in [2.45, 2.75) is 39.0 Å². The van der Waals surface area contributed by atoms with Crippen molar-refractivity contribution in [3.05, 3.63) is 47.8 Å². The van der Waals surface area contributed by atoms with Gasteiger partial charge in [0.15, 0.2) is 0 Å². The van der Waals surface area contributed by atoms with Gasteiger partial charge in [0.2, 0.25) is 0 Å². The summed E-state index contributed by atoms with van der Waals surface area (Å²) in [6.45, 7) is 6.08. The minimum Gasteiger partial charge on any atom is -0.485 e. The summed E-state index contributed by atoms with van der Waals surface area (Å²) in [4.78, 5) is 0. The third-order valence-corrected chi connectivity index (χ3v) is 3.81. The van der Waals surface area contributed by atoms with Crippen LogP contribution in [0.1, 0.15) is 43.5 Å². The predicted molar refractivity (Wildman–Crippen MR) is 78.7 cm³/mol. The van der Waals surface area contributed by atoms with E-state index in [2.05, 4.69) is 48.7 Å². The van der Waals surface area contributed by atoms with E-state index in [1.807, 2.05) is 16.9 Å². The highest BCUT2D eigenvalue weighted by atomic mass is 16.5. The summed E-state index contributed by atoms with van der Waals surface area (Å²) in [5.74, 6) is 0.985. The molecular weight excluding hydrogens is 250 g/mol. The number of rotatable bonds is 4. The van der Waals surface area contributed by atoms with Crippen LogP contribution >= 0.6 is 0 Å². The van der Waals surface area contributed by atoms with Crippen LogP contribution in [0.4, 0.5) is 0 Å². The zero-order valence-electron chi connectivity index (χ0n) is 12.0. The molecule has 0 fully saturated rings. The summed E-state index contributed by atoms with van der Waals surface area (Å²) in [7, 11) is 0. The summed E-state index contributed by atoms with van der Waals surface area (Å²) < 4.78 is 8.10. The highest BCUT2D eigenvalue weighted by molar-refractivity contribution is 5.38. The molecule has 1 aliphatic rings. The van der Waals surface area contributed by atoms with Crippen molar-refractivity contribution in [3.63, 3.8) is 0 Å². The molecule has 3 rings (SSSR count). The van der Waals surface area contributed by atoms with Crippen LogP contribution in [0, 0.1) is 0 Å². The first kappa shape index (κ1) is 13.2. The van der Waals surface area contributed by atoms with Gasteiger partial charge in [-0.25, -0.2) is 0 Å². The Labute approximate surface area is 119 Å². The first-order valence-electron chi connectivity index (χ1n) is 7.33. The van der Waals surface area contributed by atoms with Gasteiger partial charge in [-0.2, -0.15) is 5.10 Å². The standard InChI is InChI=1S/C16H21N3O/c1-3-17-14-9-16(12-10-18-19(4-2)11-12)20-15-8-6-5-7-13(14)15/h5-8,10-11,14,16-17H,3-4,9H2,1-2H3. The Morgan fingerprint density at radius 2 is 2.20 bits per heavy atom.